The van der Waals surface area contributed by atoms with Gasteiger partial charge in [-0.15, -0.1) is 0 Å². The van der Waals surface area contributed by atoms with Crippen LogP contribution in [-0.2, 0) is 8.37 Å². The van der Waals surface area contributed by atoms with E-state index in [0.717, 1.165) is 0 Å². The van der Waals surface area contributed by atoms with E-state index in [2.05, 4.69) is 12.5 Å². The first-order chi connectivity index (χ1) is 8.16. The van der Waals surface area contributed by atoms with Crippen molar-refractivity contribution in [3.8, 4) is 0 Å². The van der Waals surface area contributed by atoms with Gasteiger partial charge in [-0.1, -0.05) is 38.5 Å². The number of rotatable bonds is 4. The van der Waals surface area contributed by atoms with Crippen LogP contribution < -0.4 is 0 Å². The third-order valence-corrected chi connectivity index (χ3v) is 5.31. The average molecular weight is 260 g/mol. The van der Waals surface area contributed by atoms with Crippen LogP contribution in [0.15, 0.2) is 0 Å². The van der Waals surface area contributed by atoms with E-state index in [1.165, 1.54) is 64.2 Å². The molecule has 0 heterocycles. The average Bonchev–Trinajstić information content (AvgIpc) is 2.30. The highest BCUT2D eigenvalue weighted by Crippen LogP contribution is 2.48. The Balaban J connectivity index is 1.75. The van der Waals surface area contributed by atoms with Gasteiger partial charge in [-0.25, -0.2) is 0 Å². The highest BCUT2D eigenvalue weighted by molar-refractivity contribution is 8.24. The van der Waals surface area contributed by atoms with E-state index in [4.69, 9.17) is 8.37 Å². The van der Waals surface area contributed by atoms with Gasteiger partial charge in [-0.3, -0.25) is 8.37 Å². The van der Waals surface area contributed by atoms with E-state index in [-0.39, 0.29) is 0 Å². The van der Waals surface area contributed by atoms with Gasteiger partial charge in [-0.2, -0.15) is 10.6 Å². The van der Waals surface area contributed by atoms with Crippen molar-refractivity contribution in [1.29, 1.82) is 0 Å². The maximum absolute atomic E-state index is 6.24. The normalized spacial score (nSPS) is 26.0. The smallest absolute Gasteiger partial charge is 0.0821 e. The fraction of sp³-hybridized carbons (Fsp3) is 1.00. The lowest BCUT2D eigenvalue weighted by Crippen LogP contribution is -2.24. The standard InChI is InChI=1S/C14H28O2S/c1-17(2,15-13-9-5-3-6-10-13)16-14-11-7-4-8-12-14/h13-14H,3-12H2,1-2H3. The van der Waals surface area contributed by atoms with E-state index in [9.17, 15) is 0 Å². The predicted molar refractivity (Wildman–Crippen MR) is 75.4 cm³/mol. The van der Waals surface area contributed by atoms with Crippen molar-refractivity contribution in [2.45, 2.75) is 76.4 Å². The molecule has 0 aromatic rings. The SMILES string of the molecule is CS(C)(OC1CCCCC1)OC1CCCCC1. The minimum absolute atomic E-state index is 0.470. The van der Waals surface area contributed by atoms with Crippen LogP contribution in [-0.4, -0.2) is 24.7 Å². The fourth-order valence-electron chi connectivity index (χ4n) is 3.00. The van der Waals surface area contributed by atoms with Crippen LogP contribution in [0.4, 0.5) is 0 Å². The van der Waals surface area contributed by atoms with Crippen molar-refractivity contribution in [2.75, 3.05) is 12.5 Å². The molecule has 3 heteroatoms. The number of hydrogen-bond donors (Lipinski definition) is 0. The molecule has 0 amide bonds. The Morgan fingerprint density at radius 1 is 0.647 bits per heavy atom. The Kier molecular flexibility index (Phi) is 5.19. The minimum Gasteiger partial charge on any atom is -0.282 e. The summed E-state index contributed by atoms with van der Waals surface area (Å²) in [5.74, 6) is 0. The molecule has 0 aliphatic heterocycles. The van der Waals surface area contributed by atoms with E-state index in [0.29, 0.717) is 12.2 Å². The lowest BCUT2D eigenvalue weighted by atomic mass is 9.98. The quantitative estimate of drug-likeness (QED) is 0.736. The molecular weight excluding hydrogens is 232 g/mol. The molecular formula is C14H28O2S. The molecule has 2 aliphatic rings. The van der Waals surface area contributed by atoms with Gasteiger partial charge in [0.25, 0.3) is 0 Å². The van der Waals surface area contributed by atoms with Crippen molar-refractivity contribution in [2.24, 2.45) is 0 Å². The van der Waals surface area contributed by atoms with Gasteiger partial charge in [0.1, 0.15) is 0 Å². The third-order valence-electron chi connectivity index (χ3n) is 3.84. The molecule has 0 aromatic heterocycles. The first-order valence-electron chi connectivity index (χ1n) is 7.25. The zero-order chi connectivity index (χ0) is 12.1. The Morgan fingerprint density at radius 3 is 1.35 bits per heavy atom. The van der Waals surface area contributed by atoms with Crippen LogP contribution in [0.1, 0.15) is 64.2 Å². The fourth-order valence-corrected chi connectivity index (χ4v) is 4.74. The van der Waals surface area contributed by atoms with Gasteiger partial charge >= 0.3 is 0 Å². The molecule has 2 nitrogen and oxygen atoms in total. The summed E-state index contributed by atoms with van der Waals surface area (Å²) in [6.07, 6.45) is 18.4. The molecule has 0 N–H and O–H groups in total. The maximum atomic E-state index is 6.24. The summed E-state index contributed by atoms with van der Waals surface area (Å²) in [6.45, 7) is 0. The maximum Gasteiger partial charge on any atom is 0.0821 e. The van der Waals surface area contributed by atoms with Gasteiger partial charge in [0.15, 0.2) is 0 Å². The summed E-state index contributed by atoms with van der Waals surface area (Å²) in [6, 6.07) is 0. The van der Waals surface area contributed by atoms with E-state index < -0.39 is 10.6 Å². The summed E-state index contributed by atoms with van der Waals surface area (Å²) in [4.78, 5) is 0. The van der Waals surface area contributed by atoms with E-state index in [1.54, 1.807) is 0 Å². The van der Waals surface area contributed by atoms with Crippen LogP contribution in [0.25, 0.3) is 0 Å². The highest BCUT2D eigenvalue weighted by atomic mass is 32.3. The summed E-state index contributed by atoms with van der Waals surface area (Å²) in [5, 5.41) is 0. The molecule has 0 radical (unpaired) electrons. The Hall–Kier alpha value is 0.270. The van der Waals surface area contributed by atoms with Gasteiger partial charge in [-0.05, 0) is 25.7 Å². The van der Waals surface area contributed by atoms with Gasteiger partial charge < -0.3 is 0 Å². The van der Waals surface area contributed by atoms with Crippen LogP contribution >= 0.6 is 10.6 Å². The second-order valence-corrected chi connectivity index (χ2v) is 8.53. The summed E-state index contributed by atoms with van der Waals surface area (Å²) in [7, 11) is -1.28. The second kappa shape index (κ2) is 6.44. The lowest BCUT2D eigenvalue weighted by Gasteiger charge is -2.43. The zero-order valence-corrected chi connectivity index (χ0v) is 12.3. The molecule has 102 valence electrons. The van der Waals surface area contributed by atoms with Crippen molar-refractivity contribution in [1.82, 2.24) is 0 Å². The lowest BCUT2D eigenvalue weighted by molar-refractivity contribution is 0.112. The van der Waals surface area contributed by atoms with Crippen molar-refractivity contribution >= 4 is 10.6 Å². The van der Waals surface area contributed by atoms with Gasteiger partial charge in [0.05, 0.1) is 12.2 Å². The second-order valence-electron chi connectivity index (χ2n) is 5.86. The molecule has 0 aromatic carbocycles. The van der Waals surface area contributed by atoms with Crippen molar-refractivity contribution in [3.05, 3.63) is 0 Å². The van der Waals surface area contributed by atoms with Crippen LogP contribution in [0, 0.1) is 0 Å². The van der Waals surface area contributed by atoms with Crippen molar-refractivity contribution in [3.63, 3.8) is 0 Å². The summed E-state index contributed by atoms with van der Waals surface area (Å²) >= 11 is 0. The molecule has 2 fully saturated rings. The molecule has 17 heavy (non-hydrogen) atoms. The Bertz CT molecular complexity index is 196. The highest BCUT2D eigenvalue weighted by Gasteiger charge is 2.24. The van der Waals surface area contributed by atoms with Crippen LogP contribution in [0.3, 0.4) is 0 Å². The largest absolute Gasteiger partial charge is 0.282 e. The van der Waals surface area contributed by atoms with Crippen LogP contribution in [0.5, 0.6) is 0 Å². The molecule has 2 saturated carbocycles. The molecule has 0 saturated heterocycles. The Morgan fingerprint density at radius 2 is 1.00 bits per heavy atom. The van der Waals surface area contributed by atoms with E-state index in [1.807, 2.05) is 0 Å². The van der Waals surface area contributed by atoms with Crippen LogP contribution in [0.2, 0.25) is 0 Å². The summed E-state index contributed by atoms with van der Waals surface area (Å²) < 4.78 is 12.5. The van der Waals surface area contributed by atoms with E-state index >= 15 is 0 Å². The minimum atomic E-state index is -1.28. The zero-order valence-electron chi connectivity index (χ0n) is 11.5. The monoisotopic (exact) mass is 260 g/mol. The molecule has 0 bridgehead atoms. The van der Waals surface area contributed by atoms with Gasteiger partial charge in [0, 0.05) is 12.5 Å². The molecule has 2 aliphatic carbocycles. The molecule has 2 rings (SSSR count). The van der Waals surface area contributed by atoms with Gasteiger partial charge in [0.2, 0.25) is 0 Å². The Labute approximate surface area is 108 Å². The molecule has 0 spiro atoms. The topological polar surface area (TPSA) is 18.5 Å². The third kappa shape index (κ3) is 4.80. The molecule has 0 atom stereocenters. The summed E-state index contributed by atoms with van der Waals surface area (Å²) in [5.41, 5.74) is 0. The number of hydrogen-bond acceptors (Lipinski definition) is 2. The predicted octanol–water partition coefficient (Wildman–Crippen LogP) is 4.58. The molecule has 0 unspecified atom stereocenters. The first-order valence-corrected chi connectivity index (χ1v) is 9.55. The van der Waals surface area contributed by atoms with Crippen molar-refractivity contribution < 1.29 is 8.37 Å². The first kappa shape index (κ1) is 13.7.